The average molecular weight is 269 g/mol. The fraction of sp³-hybridized carbons (Fsp3) is 0.182. The maximum atomic E-state index is 11.9. The minimum Gasteiger partial charge on any atom is -0.507 e. The second-order valence-corrected chi connectivity index (χ2v) is 5.36. The number of nitrogens with zero attached hydrogens (tertiary/aromatic N) is 1. The Morgan fingerprint density at radius 2 is 1.89 bits per heavy atom. The summed E-state index contributed by atoms with van der Waals surface area (Å²) in [6.45, 7) is 1.39. The number of benzene rings is 1. The molecule has 2 rings (SSSR count). The second-order valence-electron chi connectivity index (χ2n) is 3.93. The summed E-state index contributed by atoms with van der Waals surface area (Å²) in [4.78, 5) is 11.9. The van der Waals surface area contributed by atoms with Gasteiger partial charge >= 0.3 is 0 Å². The second kappa shape index (κ2) is 4.11. The standard InChI is InChI=1S/C11H11NO5S/c1-7-10(13)8-4-2-3-5-9(8)12(11(7)14)6-18(15,16)17/h2-5,13H,6H2,1H3,(H,15,16,17). The number of aromatic hydroxyl groups is 1. The van der Waals surface area contributed by atoms with Crippen molar-refractivity contribution in [3.05, 3.63) is 40.2 Å². The Bertz CT molecular complexity index is 776. The van der Waals surface area contributed by atoms with Gasteiger partial charge in [-0.05, 0) is 19.1 Å². The van der Waals surface area contributed by atoms with E-state index in [1.807, 2.05) is 0 Å². The number of aromatic nitrogens is 1. The van der Waals surface area contributed by atoms with E-state index in [9.17, 15) is 18.3 Å². The predicted molar refractivity (Wildman–Crippen MR) is 66.2 cm³/mol. The van der Waals surface area contributed by atoms with E-state index in [0.29, 0.717) is 5.39 Å². The van der Waals surface area contributed by atoms with E-state index in [2.05, 4.69) is 0 Å². The first kappa shape index (κ1) is 12.6. The van der Waals surface area contributed by atoms with Crippen LogP contribution < -0.4 is 5.56 Å². The van der Waals surface area contributed by atoms with E-state index in [1.54, 1.807) is 18.2 Å². The van der Waals surface area contributed by atoms with E-state index in [4.69, 9.17) is 4.55 Å². The predicted octanol–water partition coefficient (Wildman–Crippen LogP) is 0.861. The molecule has 1 aromatic carbocycles. The van der Waals surface area contributed by atoms with Crippen molar-refractivity contribution in [2.75, 3.05) is 0 Å². The molecule has 0 saturated heterocycles. The zero-order valence-corrected chi connectivity index (χ0v) is 10.3. The van der Waals surface area contributed by atoms with Crippen molar-refractivity contribution in [1.82, 2.24) is 4.57 Å². The smallest absolute Gasteiger partial charge is 0.283 e. The lowest BCUT2D eigenvalue weighted by Gasteiger charge is -2.11. The molecule has 0 aliphatic carbocycles. The quantitative estimate of drug-likeness (QED) is 0.788. The summed E-state index contributed by atoms with van der Waals surface area (Å²) in [5, 5.41) is 10.2. The number of hydrogen-bond acceptors (Lipinski definition) is 4. The third-order valence-corrected chi connectivity index (χ3v) is 3.25. The molecule has 7 heteroatoms. The highest BCUT2D eigenvalue weighted by molar-refractivity contribution is 7.84. The number of rotatable bonds is 2. The molecule has 0 aliphatic heterocycles. The number of fused-ring (bicyclic) bond motifs is 1. The maximum Gasteiger partial charge on any atom is 0.283 e. The van der Waals surface area contributed by atoms with Gasteiger partial charge in [0.05, 0.1) is 11.1 Å². The van der Waals surface area contributed by atoms with Crippen LogP contribution >= 0.6 is 0 Å². The van der Waals surface area contributed by atoms with Gasteiger partial charge in [0.25, 0.3) is 15.7 Å². The third-order valence-electron chi connectivity index (χ3n) is 2.66. The van der Waals surface area contributed by atoms with Crippen molar-refractivity contribution in [1.29, 1.82) is 0 Å². The van der Waals surface area contributed by atoms with Gasteiger partial charge < -0.3 is 5.11 Å². The first-order valence-electron chi connectivity index (χ1n) is 5.07. The largest absolute Gasteiger partial charge is 0.507 e. The third kappa shape index (κ3) is 2.09. The molecule has 0 unspecified atom stereocenters. The van der Waals surface area contributed by atoms with Crippen molar-refractivity contribution < 1.29 is 18.1 Å². The lowest BCUT2D eigenvalue weighted by Crippen LogP contribution is -2.26. The number of pyridine rings is 1. The summed E-state index contributed by atoms with van der Waals surface area (Å²) < 4.78 is 31.6. The Morgan fingerprint density at radius 1 is 1.28 bits per heavy atom. The molecule has 18 heavy (non-hydrogen) atoms. The van der Waals surface area contributed by atoms with Crippen LogP contribution in [0.1, 0.15) is 5.56 Å². The van der Waals surface area contributed by atoms with Gasteiger partial charge in [0.2, 0.25) is 0 Å². The minimum absolute atomic E-state index is 0.0392. The summed E-state index contributed by atoms with van der Waals surface area (Å²) in [5.74, 6) is -1.02. The Morgan fingerprint density at radius 3 is 2.50 bits per heavy atom. The molecule has 0 radical (unpaired) electrons. The molecule has 0 bridgehead atoms. The van der Waals surface area contributed by atoms with Crippen LogP contribution in [-0.2, 0) is 16.0 Å². The molecule has 1 heterocycles. The van der Waals surface area contributed by atoms with Crippen LogP contribution in [0, 0.1) is 6.92 Å². The first-order chi connectivity index (χ1) is 8.31. The highest BCUT2D eigenvalue weighted by Crippen LogP contribution is 2.25. The van der Waals surface area contributed by atoms with Crippen LogP contribution in [0.15, 0.2) is 29.1 Å². The molecule has 0 saturated carbocycles. The van der Waals surface area contributed by atoms with E-state index in [0.717, 1.165) is 4.57 Å². The van der Waals surface area contributed by atoms with E-state index >= 15 is 0 Å². The van der Waals surface area contributed by atoms with Gasteiger partial charge in [-0.2, -0.15) is 8.42 Å². The molecule has 0 aliphatic rings. The van der Waals surface area contributed by atoms with Gasteiger partial charge in [0.15, 0.2) is 5.88 Å². The molecule has 96 valence electrons. The lowest BCUT2D eigenvalue weighted by atomic mass is 10.1. The lowest BCUT2D eigenvalue weighted by molar-refractivity contribution is 0.465. The van der Waals surface area contributed by atoms with Crippen molar-refractivity contribution in [3.8, 4) is 5.75 Å². The maximum absolute atomic E-state index is 11.9. The normalized spacial score (nSPS) is 11.9. The molecule has 2 N–H and O–H groups in total. The number of hydrogen-bond donors (Lipinski definition) is 2. The summed E-state index contributed by atoms with van der Waals surface area (Å²) in [6, 6.07) is 6.33. The Hall–Kier alpha value is -1.86. The van der Waals surface area contributed by atoms with Crippen LogP contribution in [-0.4, -0.2) is 22.6 Å². The van der Waals surface area contributed by atoms with Gasteiger partial charge in [0.1, 0.15) is 5.75 Å². The summed E-state index contributed by atoms with van der Waals surface area (Å²) in [5.41, 5.74) is -0.357. The highest BCUT2D eigenvalue weighted by Gasteiger charge is 2.16. The fourth-order valence-electron chi connectivity index (χ4n) is 1.82. The SMILES string of the molecule is Cc1c(O)c2ccccc2n(CS(=O)(=O)O)c1=O. The molecule has 2 aromatic rings. The van der Waals surface area contributed by atoms with Crippen molar-refractivity contribution in [3.63, 3.8) is 0 Å². The Balaban J connectivity index is 2.92. The molecule has 0 spiro atoms. The summed E-state index contributed by atoms with van der Waals surface area (Å²) in [7, 11) is -4.34. The average Bonchev–Trinajstić information content (AvgIpc) is 2.31. The van der Waals surface area contributed by atoms with Crippen molar-refractivity contribution >= 4 is 21.0 Å². The summed E-state index contributed by atoms with van der Waals surface area (Å²) in [6.07, 6.45) is 0. The Labute approximate surface area is 103 Å². The first-order valence-corrected chi connectivity index (χ1v) is 6.68. The van der Waals surface area contributed by atoms with E-state index in [-0.39, 0.29) is 16.8 Å². The molecular formula is C11H11NO5S. The van der Waals surface area contributed by atoms with E-state index < -0.39 is 21.6 Å². The van der Waals surface area contributed by atoms with E-state index in [1.165, 1.54) is 13.0 Å². The molecule has 0 atom stereocenters. The van der Waals surface area contributed by atoms with Gasteiger partial charge in [-0.15, -0.1) is 0 Å². The van der Waals surface area contributed by atoms with Crippen molar-refractivity contribution in [2.24, 2.45) is 0 Å². The molecule has 1 aromatic heterocycles. The zero-order valence-electron chi connectivity index (χ0n) is 9.49. The van der Waals surface area contributed by atoms with Crippen LogP contribution in [0.3, 0.4) is 0 Å². The van der Waals surface area contributed by atoms with Gasteiger partial charge in [0, 0.05) is 5.39 Å². The zero-order chi connectivity index (χ0) is 13.5. The Kier molecular flexibility index (Phi) is 2.88. The van der Waals surface area contributed by atoms with Crippen molar-refractivity contribution in [2.45, 2.75) is 12.8 Å². The van der Waals surface area contributed by atoms with Crippen LogP contribution in [0.2, 0.25) is 0 Å². The molecule has 6 nitrogen and oxygen atoms in total. The minimum atomic E-state index is -4.34. The fourth-order valence-corrected chi connectivity index (χ4v) is 2.40. The number of para-hydroxylation sites is 1. The summed E-state index contributed by atoms with van der Waals surface area (Å²) >= 11 is 0. The molecule has 0 fully saturated rings. The highest BCUT2D eigenvalue weighted by atomic mass is 32.2. The molecular weight excluding hydrogens is 258 g/mol. The van der Waals surface area contributed by atoms with Gasteiger partial charge in [-0.3, -0.25) is 13.9 Å². The van der Waals surface area contributed by atoms with Gasteiger partial charge in [-0.1, -0.05) is 12.1 Å². The topological polar surface area (TPSA) is 96.6 Å². The molecule has 0 amide bonds. The monoisotopic (exact) mass is 269 g/mol. The van der Waals surface area contributed by atoms with Crippen LogP contribution in [0.5, 0.6) is 5.75 Å². The van der Waals surface area contributed by atoms with Crippen LogP contribution in [0.25, 0.3) is 10.9 Å². The van der Waals surface area contributed by atoms with Gasteiger partial charge in [-0.25, -0.2) is 0 Å². The van der Waals surface area contributed by atoms with Crippen LogP contribution in [0.4, 0.5) is 0 Å².